The number of rotatable bonds is 31. The molecule has 5 aromatic rings. The molecule has 0 aliphatic heterocycles. The monoisotopic (exact) mass is 881 g/mol. The minimum absolute atomic E-state index is 0.000551. The van der Waals surface area contributed by atoms with Crippen molar-refractivity contribution in [1.29, 1.82) is 0 Å². The number of ether oxygens (including phenoxy) is 4. The first-order valence-corrected chi connectivity index (χ1v) is 23.7. The highest BCUT2D eigenvalue weighted by Gasteiger charge is 2.19. The number of aromatic hydroxyl groups is 2. The molecule has 5 rings (SSSR count). The molecule has 0 aliphatic rings. The molecule has 0 radical (unpaired) electrons. The number of phenols is 2. The van der Waals surface area contributed by atoms with Gasteiger partial charge in [-0.3, -0.25) is 0 Å². The Morgan fingerprint density at radius 2 is 0.905 bits per heavy atom. The molecule has 1 heterocycles. The first kappa shape index (κ1) is 49.3. The van der Waals surface area contributed by atoms with E-state index in [1.807, 2.05) is 42.5 Å². The maximum Gasteiger partial charge on any atom is 0.167 e. The van der Waals surface area contributed by atoms with E-state index in [9.17, 15) is 20.4 Å². The number of aliphatic hydroxyl groups excluding tert-OH is 2. The van der Waals surface area contributed by atoms with Crippen LogP contribution in [-0.4, -0.2) is 87.2 Å². The van der Waals surface area contributed by atoms with Crippen molar-refractivity contribution in [3.05, 3.63) is 91.0 Å². The Morgan fingerprint density at radius 3 is 1.37 bits per heavy atom. The molecule has 63 heavy (non-hydrogen) atoms. The predicted molar refractivity (Wildman–Crippen MR) is 251 cm³/mol. The molecule has 0 bridgehead atoms. The number of aromatic nitrogens is 3. The lowest BCUT2D eigenvalue weighted by Crippen LogP contribution is -2.23. The summed E-state index contributed by atoms with van der Waals surface area (Å²) in [4.78, 5) is 16.4. The van der Waals surface area contributed by atoms with Gasteiger partial charge in [-0.2, -0.15) is 0 Å². The van der Waals surface area contributed by atoms with Crippen molar-refractivity contribution in [3.63, 3.8) is 0 Å². The highest BCUT2D eigenvalue weighted by atomic mass is 32.2. The van der Waals surface area contributed by atoms with E-state index in [1.165, 1.54) is 76.3 Å². The van der Waals surface area contributed by atoms with Crippen LogP contribution in [0.1, 0.15) is 104 Å². The van der Waals surface area contributed by atoms with E-state index in [1.54, 1.807) is 36.0 Å². The molecule has 0 spiro atoms. The topological polar surface area (TPSA) is 157 Å². The average molecular weight is 882 g/mol. The third-order valence-electron chi connectivity index (χ3n) is 10.4. The quantitative estimate of drug-likeness (QED) is 0.0313. The molecule has 4 N–H and O–H groups in total. The Labute approximate surface area is 378 Å². The first-order chi connectivity index (χ1) is 30.8. The Hall–Kier alpha value is -4.72. The second-order valence-corrected chi connectivity index (χ2v) is 17.1. The molecule has 0 fully saturated rings. The molecule has 340 valence electrons. The molecule has 2 atom stereocenters. The lowest BCUT2D eigenvalue weighted by atomic mass is 10.1. The fraction of sp³-hybridized carbons (Fsp3) is 0.471. The van der Waals surface area contributed by atoms with Gasteiger partial charge in [0.1, 0.15) is 48.4 Å². The Balaban J connectivity index is 1.24. The van der Waals surface area contributed by atoms with E-state index in [-0.39, 0.29) is 49.6 Å². The number of aliphatic hydroxyl groups is 2. The standard InChI is InChI=1S/C51H67N3O8S/c1-3-5-7-9-11-13-18-30-59-34-39(55)36-61-41-24-28-45(47(57)32-41)50-52-49(38-22-26-44(27-23-38)63-43-20-16-15-17-21-43)53-51(54-50)46-29-25-42(33-48(46)58)62-37-40(56)35-60-31-19-14-12-10-8-6-4-2/h15-17,20-29,32-33,39-40,55-58H,3-14,18-19,30-31,34-37H2,1-2H3. The molecular weight excluding hydrogens is 815 g/mol. The van der Waals surface area contributed by atoms with Crippen LogP contribution in [0, 0.1) is 0 Å². The number of phenolic OH excluding ortho intramolecular Hbond substituents is 2. The zero-order chi connectivity index (χ0) is 44.5. The molecular formula is C51H67N3O8S. The van der Waals surface area contributed by atoms with Gasteiger partial charge in [-0.15, -0.1) is 0 Å². The fourth-order valence-corrected chi connectivity index (χ4v) is 7.70. The minimum atomic E-state index is -0.824. The van der Waals surface area contributed by atoms with Gasteiger partial charge in [-0.1, -0.05) is 133 Å². The van der Waals surface area contributed by atoms with Crippen LogP contribution in [0.5, 0.6) is 23.0 Å². The molecule has 1 aromatic heterocycles. The summed E-state index contributed by atoms with van der Waals surface area (Å²) in [5.41, 5.74) is 1.36. The molecule has 0 amide bonds. The largest absolute Gasteiger partial charge is 0.507 e. The van der Waals surface area contributed by atoms with Gasteiger partial charge in [0.15, 0.2) is 17.5 Å². The second kappa shape index (κ2) is 28.2. The zero-order valence-corrected chi connectivity index (χ0v) is 37.9. The van der Waals surface area contributed by atoms with Gasteiger partial charge in [0.05, 0.1) is 24.3 Å². The molecule has 12 heteroatoms. The predicted octanol–water partition coefficient (Wildman–Crippen LogP) is 11.4. The second-order valence-electron chi connectivity index (χ2n) is 15.9. The highest BCUT2D eigenvalue weighted by Crippen LogP contribution is 2.36. The lowest BCUT2D eigenvalue weighted by Gasteiger charge is -2.15. The van der Waals surface area contributed by atoms with Gasteiger partial charge in [0, 0.05) is 40.7 Å². The average Bonchev–Trinajstić information content (AvgIpc) is 3.29. The van der Waals surface area contributed by atoms with Crippen molar-refractivity contribution in [2.45, 2.75) is 126 Å². The van der Waals surface area contributed by atoms with Crippen LogP contribution in [0.4, 0.5) is 0 Å². The van der Waals surface area contributed by atoms with Crippen LogP contribution in [0.15, 0.2) is 101 Å². The smallest absolute Gasteiger partial charge is 0.167 e. The highest BCUT2D eigenvalue weighted by molar-refractivity contribution is 7.99. The molecule has 0 saturated heterocycles. The fourth-order valence-electron chi connectivity index (χ4n) is 6.87. The van der Waals surface area contributed by atoms with Gasteiger partial charge in [0.2, 0.25) is 0 Å². The summed E-state index contributed by atoms with van der Waals surface area (Å²) >= 11 is 1.64. The van der Waals surface area contributed by atoms with E-state index in [2.05, 4.69) is 26.0 Å². The lowest BCUT2D eigenvalue weighted by molar-refractivity contribution is 0.0109. The van der Waals surface area contributed by atoms with Crippen LogP contribution in [0.2, 0.25) is 0 Å². The van der Waals surface area contributed by atoms with Gasteiger partial charge in [0.25, 0.3) is 0 Å². The Kier molecular flexibility index (Phi) is 22.0. The van der Waals surface area contributed by atoms with E-state index in [4.69, 9.17) is 33.9 Å². The van der Waals surface area contributed by atoms with Crippen LogP contribution in [0.25, 0.3) is 34.2 Å². The van der Waals surface area contributed by atoms with Crippen LogP contribution >= 0.6 is 11.8 Å². The minimum Gasteiger partial charge on any atom is -0.507 e. The number of hydrogen-bond acceptors (Lipinski definition) is 12. The SMILES string of the molecule is CCCCCCCCCOCC(O)COc1ccc(-c2nc(-c3ccc(Sc4ccccc4)cc3)nc(-c3ccc(OCC(O)COCCCCCCCCC)cc3O)n2)c(O)c1. The van der Waals surface area contributed by atoms with Crippen molar-refractivity contribution < 1.29 is 39.4 Å². The normalized spacial score (nSPS) is 12.3. The van der Waals surface area contributed by atoms with Crippen LogP contribution in [0.3, 0.4) is 0 Å². The van der Waals surface area contributed by atoms with Crippen molar-refractivity contribution in [2.24, 2.45) is 0 Å². The Bertz CT molecular complexity index is 1940. The van der Waals surface area contributed by atoms with Crippen LogP contribution < -0.4 is 9.47 Å². The molecule has 4 aromatic carbocycles. The third kappa shape index (κ3) is 17.8. The van der Waals surface area contributed by atoms with E-state index in [0.29, 0.717) is 47.2 Å². The van der Waals surface area contributed by atoms with Crippen molar-refractivity contribution in [1.82, 2.24) is 15.0 Å². The van der Waals surface area contributed by atoms with E-state index >= 15 is 0 Å². The van der Waals surface area contributed by atoms with E-state index in [0.717, 1.165) is 35.5 Å². The van der Waals surface area contributed by atoms with Gasteiger partial charge >= 0.3 is 0 Å². The summed E-state index contributed by atoms with van der Waals surface area (Å²) in [5.74, 6) is 1.16. The number of benzene rings is 4. The van der Waals surface area contributed by atoms with Crippen molar-refractivity contribution >= 4 is 11.8 Å². The molecule has 0 aliphatic carbocycles. The maximum atomic E-state index is 11.3. The molecule has 0 saturated carbocycles. The van der Waals surface area contributed by atoms with Gasteiger partial charge < -0.3 is 39.4 Å². The summed E-state index contributed by atoms with van der Waals surface area (Å²) in [5, 5.41) is 43.5. The van der Waals surface area contributed by atoms with E-state index < -0.39 is 12.2 Å². The van der Waals surface area contributed by atoms with Crippen molar-refractivity contribution in [2.75, 3.05) is 39.6 Å². The van der Waals surface area contributed by atoms with Crippen LogP contribution in [-0.2, 0) is 9.47 Å². The number of unbranched alkanes of at least 4 members (excludes halogenated alkanes) is 12. The summed E-state index contributed by atoms with van der Waals surface area (Å²) < 4.78 is 23.0. The third-order valence-corrected chi connectivity index (χ3v) is 11.5. The first-order valence-electron chi connectivity index (χ1n) is 22.9. The van der Waals surface area contributed by atoms with Gasteiger partial charge in [-0.25, -0.2) is 15.0 Å². The summed E-state index contributed by atoms with van der Waals surface area (Å²) in [6, 6.07) is 27.5. The maximum absolute atomic E-state index is 11.3. The molecule has 2 unspecified atom stereocenters. The summed E-state index contributed by atoms with van der Waals surface area (Å²) in [7, 11) is 0. The summed E-state index contributed by atoms with van der Waals surface area (Å²) in [6.07, 6.45) is 15.1. The summed E-state index contributed by atoms with van der Waals surface area (Å²) in [6.45, 7) is 5.96. The zero-order valence-electron chi connectivity index (χ0n) is 37.1. The number of nitrogens with zero attached hydrogens (tertiary/aromatic N) is 3. The Morgan fingerprint density at radius 1 is 0.476 bits per heavy atom. The molecule has 11 nitrogen and oxygen atoms in total. The van der Waals surface area contributed by atoms with Gasteiger partial charge in [-0.05, 0) is 61.4 Å². The number of hydrogen-bond donors (Lipinski definition) is 4. The van der Waals surface area contributed by atoms with Crippen molar-refractivity contribution in [3.8, 4) is 57.2 Å².